The number of anilines is 1. The Balaban J connectivity index is 1.31. The highest BCUT2D eigenvalue weighted by molar-refractivity contribution is 5.90. The summed E-state index contributed by atoms with van der Waals surface area (Å²) in [6.07, 6.45) is 4.79. The molecule has 2 fully saturated rings. The number of hydrogen-bond donors (Lipinski definition) is 1. The molecule has 2 amide bonds. The molecule has 34 heavy (non-hydrogen) atoms. The summed E-state index contributed by atoms with van der Waals surface area (Å²) in [7, 11) is 0. The van der Waals surface area contributed by atoms with E-state index in [1.54, 1.807) is 31.9 Å². The van der Waals surface area contributed by atoms with Gasteiger partial charge in [-0.2, -0.15) is 0 Å². The Bertz CT molecular complexity index is 934. The van der Waals surface area contributed by atoms with Crippen LogP contribution in [0.2, 0.25) is 0 Å². The molecular formula is C26H36N2O6. The van der Waals surface area contributed by atoms with Gasteiger partial charge in [0.15, 0.2) is 5.76 Å². The number of benzene rings is 1. The van der Waals surface area contributed by atoms with Crippen molar-refractivity contribution >= 4 is 23.6 Å². The van der Waals surface area contributed by atoms with Crippen molar-refractivity contribution in [2.24, 2.45) is 11.3 Å². The summed E-state index contributed by atoms with van der Waals surface area (Å²) in [6, 6.07) is 7.56. The van der Waals surface area contributed by atoms with Crippen molar-refractivity contribution in [1.82, 2.24) is 5.32 Å². The molecule has 0 aromatic heterocycles. The van der Waals surface area contributed by atoms with Crippen LogP contribution in [-0.4, -0.2) is 43.3 Å². The molecule has 1 aromatic rings. The Kier molecular flexibility index (Phi) is 6.69. The van der Waals surface area contributed by atoms with Gasteiger partial charge in [0.2, 0.25) is 6.29 Å². The van der Waals surface area contributed by atoms with E-state index in [2.05, 4.69) is 19.2 Å². The van der Waals surface area contributed by atoms with Crippen LogP contribution < -0.4 is 10.2 Å². The van der Waals surface area contributed by atoms with Crippen molar-refractivity contribution < 1.29 is 28.5 Å². The van der Waals surface area contributed by atoms with E-state index in [0.29, 0.717) is 18.2 Å². The molecule has 8 nitrogen and oxygen atoms in total. The normalized spacial score (nSPS) is 26.3. The quantitative estimate of drug-likeness (QED) is 0.615. The standard InChI is InChI=1S/C26H36N2O6/c1-25(2,3)34-23(29)27-14-19-15-28(24(30)32-19)18-11-9-17(10-12-18)21-16-31-22(33-21)20-8-6-7-13-26(20,4)5/h9-12,16,19-20,22H,6-8,13-15H2,1-5H3,(H,27,29). The molecule has 186 valence electrons. The molecule has 3 atom stereocenters. The van der Waals surface area contributed by atoms with E-state index in [9.17, 15) is 9.59 Å². The lowest BCUT2D eigenvalue weighted by atomic mass is 9.68. The lowest BCUT2D eigenvalue weighted by Gasteiger charge is -2.40. The number of ether oxygens (including phenoxy) is 4. The zero-order valence-corrected chi connectivity index (χ0v) is 20.8. The third-order valence-corrected chi connectivity index (χ3v) is 6.68. The van der Waals surface area contributed by atoms with Gasteiger partial charge in [-0.1, -0.05) is 26.7 Å². The van der Waals surface area contributed by atoms with Crippen LogP contribution in [0.5, 0.6) is 0 Å². The predicted octanol–water partition coefficient (Wildman–Crippen LogP) is 5.42. The van der Waals surface area contributed by atoms with Gasteiger partial charge in [0.05, 0.1) is 13.1 Å². The maximum atomic E-state index is 12.4. The predicted molar refractivity (Wildman–Crippen MR) is 128 cm³/mol. The molecule has 0 bridgehead atoms. The number of rotatable bonds is 5. The van der Waals surface area contributed by atoms with Crippen LogP contribution in [-0.2, 0) is 18.9 Å². The Labute approximate surface area is 201 Å². The molecular weight excluding hydrogens is 436 g/mol. The number of amides is 2. The molecule has 2 aliphatic heterocycles. The van der Waals surface area contributed by atoms with E-state index >= 15 is 0 Å². The minimum Gasteiger partial charge on any atom is -0.458 e. The summed E-state index contributed by atoms with van der Waals surface area (Å²) < 4.78 is 22.7. The zero-order chi connectivity index (χ0) is 24.5. The average Bonchev–Trinajstić information content (AvgIpc) is 3.38. The van der Waals surface area contributed by atoms with E-state index in [1.165, 1.54) is 19.3 Å². The lowest BCUT2D eigenvalue weighted by Crippen LogP contribution is -2.38. The first-order valence-electron chi connectivity index (χ1n) is 12.1. The second-order valence-electron chi connectivity index (χ2n) is 11.0. The molecule has 1 N–H and O–H groups in total. The molecule has 1 saturated carbocycles. The van der Waals surface area contributed by atoms with E-state index in [4.69, 9.17) is 18.9 Å². The van der Waals surface area contributed by atoms with Gasteiger partial charge >= 0.3 is 12.2 Å². The smallest absolute Gasteiger partial charge is 0.414 e. The molecule has 0 spiro atoms. The fourth-order valence-corrected chi connectivity index (χ4v) is 4.80. The van der Waals surface area contributed by atoms with Crippen LogP contribution >= 0.6 is 0 Å². The van der Waals surface area contributed by atoms with Crippen molar-refractivity contribution in [2.45, 2.75) is 78.3 Å². The first kappa shape index (κ1) is 24.2. The SMILES string of the molecule is CC(C)(C)OC(=O)NCC1CN(c2ccc(C3=COC(C4CCCCC4(C)C)O3)cc2)C(=O)O1. The van der Waals surface area contributed by atoms with Crippen molar-refractivity contribution in [2.75, 3.05) is 18.0 Å². The molecule has 1 aromatic carbocycles. The largest absolute Gasteiger partial charge is 0.458 e. The fraction of sp³-hybridized carbons (Fsp3) is 0.615. The molecule has 1 aliphatic carbocycles. The molecule has 3 unspecified atom stereocenters. The number of cyclic esters (lactones) is 1. The van der Waals surface area contributed by atoms with Crippen molar-refractivity contribution in [1.29, 1.82) is 0 Å². The third-order valence-electron chi connectivity index (χ3n) is 6.68. The highest BCUT2D eigenvalue weighted by Crippen LogP contribution is 2.45. The topological polar surface area (TPSA) is 86.3 Å². The Morgan fingerprint density at radius 3 is 2.59 bits per heavy atom. The third kappa shape index (κ3) is 5.59. The minimum absolute atomic E-state index is 0.187. The van der Waals surface area contributed by atoms with Gasteiger partial charge < -0.3 is 24.3 Å². The van der Waals surface area contributed by atoms with Crippen molar-refractivity contribution in [3.63, 3.8) is 0 Å². The van der Waals surface area contributed by atoms with Crippen LogP contribution in [0.15, 0.2) is 30.5 Å². The second kappa shape index (κ2) is 9.39. The molecule has 3 aliphatic rings. The van der Waals surface area contributed by atoms with Gasteiger partial charge in [0, 0.05) is 17.2 Å². The first-order valence-corrected chi connectivity index (χ1v) is 12.1. The molecule has 2 heterocycles. The summed E-state index contributed by atoms with van der Waals surface area (Å²) in [6.45, 7) is 10.5. The van der Waals surface area contributed by atoms with Crippen LogP contribution in [0.3, 0.4) is 0 Å². The summed E-state index contributed by atoms with van der Waals surface area (Å²) in [5, 5.41) is 2.65. The van der Waals surface area contributed by atoms with Crippen LogP contribution in [0, 0.1) is 11.3 Å². The maximum Gasteiger partial charge on any atom is 0.414 e. The summed E-state index contributed by atoms with van der Waals surface area (Å²) in [5.74, 6) is 1.07. The fourth-order valence-electron chi connectivity index (χ4n) is 4.80. The van der Waals surface area contributed by atoms with Gasteiger partial charge in [-0.05, 0) is 63.3 Å². The van der Waals surface area contributed by atoms with Crippen molar-refractivity contribution in [3.8, 4) is 0 Å². The lowest BCUT2D eigenvalue weighted by molar-refractivity contribution is -0.110. The Hall–Kier alpha value is -2.90. The van der Waals surface area contributed by atoms with Gasteiger partial charge in [-0.15, -0.1) is 0 Å². The molecule has 1 saturated heterocycles. The monoisotopic (exact) mass is 472 g/mol. The van der Waals surface area contributed by atoms with Crippen LogP contribution in [0.1, 0.15) is 65.9 Å². The van der Waals surface area contributed by atoms with E-state index in [-0.39, 0.29) is 18.2 Å². The van der Waals surface area contributed by atoms with Gasteiger partial charge in [0.25, 0.3) is 0 Å². The summed E-state index contributed by atoms with van der Waals surface area (Å²) in [5.41, 5.74) is 1.23. The highest BCUT2D eigenvalue weighted by Gasteiger charge is 2.42. The number of alkyl carbamates (subject to hydrolysis) is 1. The van der Waals surface area contributed by atoms with E-state index in [0.717, 1.165) is 17.7 Å². The zero-order valence-electron chi connectivity index (χ0n) is 20.8. The Morgan fingerprint density at radius 2 is 1.91 bits per heavy atom. The van der Waals surface area contributed by atoms with Crippen LogP contribution in [0.4, 0.5) is 15.3 Å². The highest BCUT2D eigenvalue weighted by atomic mass is 16.7. The number of hydrogen-bond acceptors (Lipinski definition) is 6. The van der Waals surface area contributed by atoms with E-state index < -0.39 is 23.9 Å². The molecule has 4 rings (SSSR count). The van der Waals surface area contributed by atoms with Gasteiger partial charge in [-0.25, -0.2) is 9.59 Å². The summed E-state index contributed by atoms with van der Waals surface area (Å²) in [4.78, 5) is 25.8. The number of carbonyl (C=O) groups excluding carboxylic acids is 2. The number of nitrogens with one attached hydrogen (secondary N) is 1. The number of nitrogens with zero attached hydrogens (tertiary/aromatic N) is 1. The van der Waals surface area contributed by atoms with Crippen molar-refractivity contribution in [3.05, 3.63) is 36.1 Å². The molecule has 8 heteroatoms. The first-order chi connectivity index (χ1) is 16.0. The average molecular weight is 473 g/mol. The molecule has 0 radical (unpaired) electrons. The Morgan fingerprint density at radius 1 is 1.18 bits per heavy atom. The number of carbonyl (C=O) groups is 2. The summed E-state index contributed by atoms with van der Waals surface area (Å²) >= 11 is 0. The minimum atomic E-state index is -0.583. The second-order valence-corrected chi connectivity index (χ2v) is 11.0. The van der Waals surface area contributed by atoms with E-state index in [1.807, 2.05) is 24.3 Å². The van der Waals surface area contributed by atoms with Crippen LogP contribution in [0.25, 0.3) is 5.76 Å². The maximum absolute atomic E-state index is 12.4. The van der Waals surface area contributed by atoms with Gasteiger partial charge in [-0.3, -0.25) is 4.90 Å². The van der Waals surface area contributed by atoms with Gasteiger partial charge in [0.1, 0.15) is 18.0 Å².